The van der Waals surface area contributed by atoms with Crippen LogP contribution in [0.2, 0.25) is 0 Å². The van der Waals surface area contributed by atoms with E-state index in [0.717, 1.165) is 16.8 Å². The molecule has 0 spiro atoms. The van der Waals surface area contributed by atoms with Gasteiger partial charge in [-0.1, -0.05) is 32.9 Å². The maximum Gasteiger partial charge on any atom is 0.231 e. The molecule has 0 radical (unpaired) electrons. The van der Waals surface area contributed by atoms with Gasteiger partial charge < -0.3 is 5.32 Å². The van der Waals surface area contributed by atoms with Crippen LogP contribution in [-0.4, -0.2) is 11.7 Å². The number of hydrogen-bond acceptors (Lipinski definition) is 2. The molecule has 0 aliphatic carbocycles. The number of carbonyl (C=O) groups is 2. The lowest BCUT2D eigenvalue weighted by Gasteiger charge is -2.21. The van der Waals surface area contributed by atoms with Crippen LogP contribution in [0, 0.1) is 6.92 Å². The molecule has 0 fully saturated rings. The predicted octanol–water partition coefficient (Wildman–Crippen LogP) is 3.21. The summed E-state index contributed by atoms with van der Waals surface area (Å²) in [5.41, 5.74) is 2.98. The molecule has 3 nitrogen and oxygen atoms in total. The highest BCUT2D eigenvalue weighted by Crippen LogP contribution is 2.26. The molecule has 18 heavy (non-hydrogen) atoms. The van der Waals surface area contributed by atoms with Gasteiger partial charge in [0, 0.05) is 5.69 Å². The van der Waals surface area contributed by atoms with E-state index in [2.05, 4.69) is 32.2 Å². The standard InChI is InChI=1S/C15H21NO2/c1-10-6-7-12(15(3,4)5)9-13(10)16-14(18)8-11(2)17/h6-7,9H,8H2,1-5H3,(H,16,18). The third-order valence-corrected chi connectivity index (χ3v) is 2.79. The average molecular weight is 247 g/mol. The summed E-state index contributed by atoms with van der Waals surface area (Å²) in [5, 5.41) is 2.79. The Morgan fingerprint density at radius 3 is 2.33 bits per heavy atom. The lowest BCUT2D eigenvalue weighted by Crippen LogP contribution is -2.17. The van der Waals surface area contributed by atoms with Crippen LogP contribution in [0.3, 0.4) is 0 Å². The van der Waals surface area contributed by atoms with Gasteiger partial charge in [0.15, 0.2) is 0 Å². The Kier molecular flexibility index (Phi) is 4.28. The molecule has 0 aliphatic heterocycles. The number of Topliss-reactive ketones (excluding diaryl/α,β-unsaturated/α-hetero) is 1. The lowest BCUT2D eigenvalue weighted by molar-refractivity contribution is -0.124. The zero-order valence-corrected chi connectivity index (χ0v) is 11.8. The molecule has 1 rings (SSSR count). The number of hydrogen-bond donors (Lipinski definition) is 1. The van der Waals surface area contributed by atoms with Crippen molar-refractivity contribution in [2.45, 2.75) is 46.5 Å². The summed E-state index contributed by atoms with van der Waals surface area (Å²) in [4.78, 5) is 22.5. The van der Waals surface area contributed by atoms with Crippen LogP contribution in [0.5, 0.6) is 0 Å². The van der Waals surface area contributed by atoms with Crippen molar-refractivity contribution in [3.8, 4) is 0 Å². The van der Waals surface area contributed by atoms with Gasteiger partial charge in [0.1, 0.15) is 5.78 Å². The Morgan fingerprint density at radius 2 is 1.83 bits per heavy atom. The normalized spacial score (nSPS) is 11.2. The van der Waals surface area contributed by atoms with Gasteiger partial charge in [0.05, 0.1) is 6.42 Å². The van der Waals surface area contributed by atoms with E-state index < -0.39 is 0 Å². The highest BCUT2D eigenvalue weighted by molar-refractivity contribution is 6.03. The smallest absolute Gasteiger partial charge is 0.231 e. The first-order valence-corrected chi connectivity index (χ1v) is 6.10. The summed E-state index contributed by atoms with van der Waals surface area (Å²) in [5.74, 6) is -0.381. The molecule has 0 aromatic heterocycles. The van der Waals surface area contributed by atoms with Crippen LogP contribution in [-0.2, 0) is 15.0 Å². The number of aryl methyl sites for hydroxylation is 1. The first-order chi connectivity index (χ1) is 8.20. The molecule has 1 amide bonds. The lowest BCUT2D eigenvalue weighted by atomic mass is 9.86. The van der Waals surface area contributed by atoms with Crippen LogP contribution in [0.4, 0.5) is 5.69 Å². The number of anilines is 1. The van der Waals surface area contributed by atoms with E-state index in [1.54, 1.807) is 0 Å². The highest BCUT2D eigenvalue weighted by atomic mass is 16.2. The molecule has 0 saturated carbocycles. The fourth-order valence-corrected chi connectivity index (χ4v) is 1.64. The van der Waals surface area contributed by atoms with E-state index >= 15 is 0 Å². The van der Waals surface area contributed by atoms with Crippen molar-refractivity contribution < 1.29 is 9.59 Å². The van der Waals surface area contributed by atoms with E-state index in [1.165, 1.54) is 6.92 Å². The minimum Gasteiger partial charge on any atom is -0.325 e. The van der Waals surface area contributed by atoms with Gasteiger partial charge in [-0.25, -0.2) is 0 Å². The van der Waals surface area contributed by atoms with Crippen LogP contribution in [0.15, 0.2) is 18.2 Å². The summed E-state index contributed by atoms with van der Waals surface area (Å²) in [6.07, 6.45) is -0.0703. The molecular weight excluding hydrogens is 226 g/mol. The van der Waals surface area contributed by atoms with Crippen LogP contribution < -0.4 is 5.32 Å². The zero-order chi connectivity index (χ0) is 13.9. The molecule has 0 heterocycles. The summed E-state index contributed by atoms with van der Waals surface area (Å²) in [7, 11) is 0. The molecule has 0 saturated heterocycles. The molecule has 3 heteroatoms. The molecule has 0 unspecified atom stereocenters. The van der Waals surface area contributed by atoms with Crippen molar-refractivity contribution in [3.05, 3.63) is 29.3 Å². The number of amides is 1. The summed E-state index contributed by atoms with van der Waals surface area (Å²) in [6.45, 7) is 9.73. The van der Waals surface area contributed by atoms with Gasteiger partial charge in [-0.2, -0.15) is 0 Å². The van der Waals surface area contributed by atoms with Crippen LogP contribution >= 0.6 is 0 Å². The fourth-order valence-electron chi connectivity index (χ4n) is 1.64. The number of ketones is 1. The maximum absolute atomic E-state index is 11.6. The summed E-state index contributed by atoms with van der Waals surface area (Å²) in [6, 6.07) is 6.04. The van der Waals surface area contributed by atoms with E-state index in [-0.39, 0.29) is 23.5 Å². The molecule has 1 aromatic carbocycles. The Bertz CT molecular complexity index is 470. The summed E-state index contributed by atoms with van der Waals surface area (Å²) < 4.78 is 0. The van der Waals surface area contributed by atoms with Crippen molar-refractivity contribution in [1.82, 2.24) is 0 Å². The topological polar surface area (TPSA) is 46.2 Å². The highest BCUT2D eigenvalue weighted by Gasteiger charge is 2.15. The summed E-state index contributed by atoms with van der Waals surface area (Å²) >= 11 is 0. The quantitative estimate of drug-likeness (QED) is 0.834. The molecule has 0 aliphatic rings. The van der Waals surface area contributed by atoms with Gasteiger partial charge in [0.25, 0.3) is 0 Å². The van der Waals surface area contributed by atoms with E-state index in [1.807, 2.05) is 19.1 Å². The van der Waals surface area contributed by atoms with Gasteiger partial charge in [-0.3, -0.25) is 9.59 Å². The van der Waals surface area contributed by atoms with Gasteiger partial charge in [-0.05, 0) is 36.5 Å². The molecule has 1 aromatic rings. The molecule has 0 bridgehead atoms. The molecular formula is C15H21NO2. The predicted molar refractivity (Wildman–Crippen MR) is 73.8 cm³/mol. The third-order valence-electron chi connectivity index (χ3n) is 2.79. The zero-order valence-electron chi connectivity index (χ0n) is 11.8. The molecule has 1 N–H and O–H groups in total. The number of rotatable bonds is 3. The van der Waals surface area contributed by atoms with Crippen molar-refractivity contribution in [2.24, 2.45) is 0 Å². The average Bonchev–Trinajstić information content (AvgIpc) is 2.18. The maximum atomic E-state index is 11.6. The van der Waals surface area contributed by atoms with E-state index in [9.17, 15) is 9.59 Å². The first-order valence-electron chi connectivity index (χ1n) is 6.10. The fraction of sp³-hybridized carbons (Fsp3) is 0.467. The Balaban J connectivity index is 2.95. The monoisotopic (exact) mass is 247 g/mol. The van der Waals surface area contributed by atoms with Gasteiger partial charge in [0.2, 0.25) is 5.91 Å². The van der Waals surface area contributed by atoms with Crippen molar-refractivity contribution in [3.63, 3.8) is 0 Å². The first kappa shape index (κ1) is 14.4. The van der Waals surface area contributed by atoms with Gasteiger partial charge >= 0.3 is 0 Å². The SMILES string of the molecule is CC(=O)CC(=O)Nc1cc(C(C)(C)C)ccc1C. The molecule has 0 atom stereocenters. The van der Waals surface area contributed by atoms with Crippen molar-refractivity contribution in [1.29, 1.82) is 0 Å². The second-order valence-corrected chi connectivity index (χ2v) is 5.71. The third kappa shape index (κ3) is 3.99. The number of carbonyl (C=O) groups excluding carboxylic acids is 2. The van der Waals surface area contributed by atoms with Crippen LogP contribution in [0.1, 0.15) is 45.2 Å². The second-order valence-electron chi connectivity index (χ2n) is 5.71. The number of benzene rings is 1. The Labute approximate surface area is 109 Å². The number of nitrogens with one attached hydrogen (secondary N) is 1. The van der Waals surface area contributed by atoms with Gasteiger partial charge in [-0.15, -0.1) is 0 Å². The van der Waals surface area contributed by atoms with Crippen molar-refractivity contribution >= 4 is 17.4 Å². The second kappa shape index (κ2) is 5.34. The van der Waals surface area contributed by atoms with E-state index in [0.29, 0.717) is 0 Å². The minimum absolute atomic E-state index is 0.0355. The van der Waals surface area contributed by atoms with Crippen LogP contribution in [0.25, 0.3) is 0 Å². The van der Waals surface area contributed by atoms with E-state index in [4.69, 9.17) is 0 Å². The van der Waals surface area contributed by atoms with Crippen molar-refractivity contribution in [2.75, 3.05) is 5.32 Å². The minimum atomic E-state index is -0.253. The largest absolute Gasteiger partial charge is 0.325 e. The molecule has 98 valence electrons. The Hall–Kier alpha value is -1.64. The Morgan fingerprint density at radius 1 is 1.22 bits per heavy atom.